The topological polar surface area (TPSA) is 12.1 Å². The van der Waals surface area contributed by atoms with Gasteiger partial charge >= 0.3 is 0 Å². The molecule has 1 aromatic heterocycles. The van der Waals surface area contributed by atoms with Crippen LogP contribution in [-0.2, 0) is 6.54 Å². The van der Waals surface area contributed by atoms with Crippen molar-refractivity contribution in [3.63, 3.8) is 0 Å². The van der Waals surface area contributed by atoms with Crippen molar-refractivity contribution in [2.24, 2.45) is 0 Å². The standard InChI is InChI=1S/C28H34N3/c1-22(2)30(23(3)4)20-19-29-21-31(27-18-12-11-17-26(27)29)28(24-13-7-5-8-14-24)25-15-9-6-10-16-25/h5-18,21-23,28H,19-20H2,1-4H3/q+1. The Hall–Kier alpha value is -2.91. The molecule has 3 heteroatoms. The lowest BCUT2D eigenvalue weighted by molar-refractivity contribution is -0.672. The first-order chi connectivity index (χ1) is 15.1. The summed E-state index contributed by atoms with van der Waals surface area (Å²) >= 11 is 0. The number of hydrogen-bond acceptors (Lipinski definition) is 1. The van der Waals surface area contributed by atoms with Gasteiger partial charge in [0.2, 0.25) is 6.33 Å². The second kappa shape index (κ2) is 9.49. The SMILES string of the molecule is CC(C)N(CC[n+]1cn(C(c2ccccc2)c2ccccc2)c2ccccc21)C(C)C. The van der Waals surface area contributed by atoms with E-state index in [2.05, 4.69) is 133 Å². The third kappa shape index (κ3) is 4.57. The Morgan fingerprint density at radius 2 is 1.23 bits per heavy atom. The van der Waals surface area contributed by atoms with E-state index in [0.29, 0.717) is 12.1 Å². The van der Waals surface area contributed by atoms with Crippen LogP contribution in [0.15, 0.2) is 91.3 Å². The lowest BCUT2D eigenvalue weighted by atomic mass is 9.98. The van der Waals surface area contributed by atoms with Crippen molar-refractivity contribution in [2.45, 2.75) is 52.4 Å². The number of benzene rings is 3. The molecule has 0 amide bonds. The molecule has 0 bridgehead atoms. The van der Waals surface area contributed by atoms with Gasteiger partial charge in [-0.15, -0.1) is 0 Å². The van der Waals surface area contributed by atoms with Crippen LogP contribution in [0.2, 0.25) is 0 Å². The quantitative estimate of drug-likeness (QED) is 0.339. The molecule has 31 heavy (non-hydrogen) atoms. The van der Waals surface area contributed by atoms with Gasteiger partial charge in [-0.25, -0.2) is 9.13 Å². The Bertz CT molecular complexity index is 1050. The lowest BCUT2D eigenvalue weighted by Crippen LogP contribution is -2.45. The van der Waals surface area contributed by atoms with E-state index in [1.165, 1.54) is 22.2 Å². The van der Waals surface area contributed by atoms with Crippen LogP contribution in [0.3, 0.4) is 0 Å². The minimum Gasteiger partial charge on any atom is -0.295 e. The number of rotatable bonds is 8. The zero-order valence-corrected chi connectivity index (χ0v) is 19.1. The van der Waals surface area contributed by atoms with Gasteiger partial charge in [0.15, 0.2) is 17.1 Å². The third-order valence-electron chi connectivity index (χ3n) is 6.17. The van der Waals surface area contributed by atoms with Crippen LogP contribution in [0.4, 0.5) is 0 Å². The normalized spacial score (nSPS) is 12.0. The molecule has 3 nitrogen and oxygen atoms in total. The highest BCUT2D eigenvalue weighted by molar-refractivity contribution is 5.72. The highest BCUT2D eigenvalue weighted by Crippen LogP contribution is 2.29. The van der Waals surface area contributed by atoms with Gasteiger partial charge in [-0.3, -0.25) is 4.90 Å². The van der Waals surface area contributed by atoms with Crippen LogP contribution in [0, 0.1) is 0 Å². The van der Waals surface area contributed by atoms with Gasteiger partial charge < -0.3 is 0 Å². The lowest BCUT2D eigenvalue weighted by Gasteiger charge is -2.29. The van der Waals surface area contributed by atoms with Crippen molar-refractivity contribution < 1.29 is 4.57 Å². The van der Waals surface area contributed by atoms with E-state index < -0.39 is 0 Å². The molecule has 0 radical (unpaired) electrons. The van der Waals surface area contributed by atoms with Crippen LogP contribution in [0.25, 0.3) is 11.0 Å². The van der Waals surface area contributed by atoms with Crippen LogP contribution in [0.5, 0.6) is 0 Å². The third-order valence-corrected chi connectivity index (χ3v) is 6.17. The van der Waals surface area contributed by atoms with E-state index in [-0.39, 0.29) is 6.04 Å². The van der Waals surface area contributed by atoms with Crippen LogP contribution in [-0.4, -0.2) is 28.1 Å². The molecule has 0 fully saturated rings. The van der Waals surface area contributed by atoms with Crippen molar-refractivity contribution >= 4 is 11.0 Å². The number of hydrogen-bond donors (Lipinski definition) is 0. The van der Waals surface area contributed by atoms with Crippen molar-refractivity contribution in [1.82, 2.24) is 9.47 Å². The first-order valence-electron chi connectivity index (χ1n) is 11.4. The molecule has 160 valence electrons. The van der Waals surface area contributed by atoms with Crippen LogP contribution >= 0.6 is 0 Å². The maximum Gasteiger partial charge on any atom is 0.245 e. The maximum absolute atomic E-state index is 2.56. The zero-order valence-electron chi connectivity index (χ0n) is 19.1. The number of para-hydroxylation sites is 2. The summed E-state index contributed by atoms with van der Waals surface area (Å²) in [6.45, 7) is 11.2. The summed E-state index contributed by atoms with van der Waals surface area (Å²) < 4.78 is 4.86. The average molecular weight is 413 g/mol. The predicted molar refractivity (Wildman–Crippen MR) is 129 cm³/mol. The van der Waals surface area contributed by atoms with Gasteiger partial charge in [-0.05, 0) is 39.8 Å². The highest BCUT2D eigenvalue weighted by atomic mass is 15.2. The monoisotopic (exact) mass is 412 g/mol. The minimum atomic E-state index is 0.139. The minimum absolute atomic E-state index is 0.139. The van der Waals surface area contributed by atoms with Crippen LogP contribution in [0.1, 0.15) is 44.9 Å². The average Bonchev–Trinajstić information content (AvgIpc) is 3.14. The maximum atomic E-state index is 2.56. The molecule has 0 N–H and O–H groups in total. The van der Waals surface area contributed by atoms with E-state index >= 15 is 0 Å². The molecule has 0 aliphatic rings. The molecule has 0 spiro atoms. The Morgan fingerprint density at radius 1 is 0.710 bits per heavy atom. The molecule has 4 aromatic rings. The van der Waals surface area contributed by atoms with Crippen molar-refractivity contribution in [3.8, 4) is 0 Å². The fraction of sp³-hybridized carbons (Fsp3) is 0.321. The summed E-state index contributed by atoms with van der Waals surface area (Å²) in [4.78, 5) is 2.56. The van der Waals surface area contributed by atoms with Gasteiger partial charge in [0.05, 0.1) is 0 Å². The molecule has 0 aliphatic carbocycles. The molecule has 0 atom stereocenters. The Balaban J connectivity index is 1.79. The van der Waals surface area contributed by atoms with Crippen molar-refractivity contribution in [2.75, 3.05) is 6.54 Å². The number of nitrogens with zero attached hydrogens (tertiary/aromatic N) is 3. The van der Waals surface area contributed by atoms with Gasteiger partial charge in [0, 0.05) is 29.8 Å². The Morgan fingerprint density at radius 3 is 1.77 bits per heavy atom. The largest absolute Gasteiger partial charge is 0.295 e. The first kappa shape index (κ1) is 21.3. The molecular formula is C28H34N3+. The number of aromatic nitrogens is 2. The molecule has 0 saturated carbocycles. The fourth-order valence-corrected chi connectivity index (χ4v) is 4.70. The molecule has 3 aromatic carbocycles. The summed E-state index contributed by atoms with van der Waals surface area (Å²) in [5, 5.41) is 0. The van der Waals surface area contributed by atoms with E-state index in [4.69, 9.17) is 0 Å². The van der Waals surface area contributed by atoms with Gasteiger partial charge in [-0.1, -0.05) is 72.8 Å². The first-order valence-corrected chi connectivity index (χ1v) is 11.4. The predicted octanol–water partition coefficient (Wildman–Crippen LogP) is 5.69. The molecule has 4 rings (SSSR count). The molecule has 0 saturated heterocycles. The molecule has 1 heterocycles. The highest BCUT2D eigenvalue weighted by Gasteiger charge is 2.26. The van der Waals surface area contributed by atoms with Crippen molar-refractivity contribution in [3.05, 3.63) is 102 Å². The van der Waals surface area contributed by atoms with E-state index in [1.54, 1.807) is 0 Å². The summed E-state index contributed by atoms with van der Waals surface area (Å²) in [5.41, 5.74) is 5.15. The second-order valence-corrected chi connectivity index (χ2v) is 8.85. The Kier molecular flexibility index (Phi) is 6.53. The summed E-state index contributed by atoms with van der Waals surface area (Å²) in [5.74, 6) is 0. The van der Waals surface area contributed by atoms with Crippen molar-refractivity contribution in [1.29, 1.82) is 0 Å². The zero-order chi connectivity index (χ0) is 21.8. The van der Waals surface area contributed by atoms with Gasteiger partial charge in [0.1, 0.15) is 6.54 Å². The summed E-state index contributed by atoms with van der Waals surface area (Å²) in [6.07, 6.45) is 2.31. The smallest absolute Gasteiger partial charge is 0.245 e. The second-order valence-electron chi connectivity index (χ2n) is 8.85. The molecular weight excluding hydrogens is 378 g/mol. The molecule has 0 aliphatic heterocycles. The number of imidazole rings is 1. The van der Waals surface area contributed by atoms with E-state index in [9.17, 15) is 0 Å². The van der Waals surface area contributed by atoms with Gasteiger partial charge in [0.25, 0.3) is 0 Å². The van der Waals surface area contributed by atoms with Crippen LogP contribution < -0.4 is 4.57 Å². The van der Waals surface area contributed by atoms with E-state index in [1.807, 2.05) is 0 Å². The van der Waals surface area contributed by atoms with E-state index in [0.717, 1.165) is 13.1 Å². The summed E-state index contributed by atoms with van der Waals surface area (Å²) in [7, 11) is 0. The summed E-state index contributed by atoms with van der Waals surface area (Å²) in [6, 6.07) is 31.6. The fourth-order valence-electron chi connectivity index (χ4n) is 4.70. The molecule has 0 unspecified atom stereocenters. The Labute approximate surface area is 186 Å². The van der Waals surface area contributed by atoms with Gasteiger partial charge in [-0.2, -0.15) is 0 Å². The number of fused-ring (bicyclic) bond motifs is 1.